The molecule has 1 atom stereocenters. The van der Waals surface area contributed by atoms with E-state index in [4.69, 9.17) is 16.7 Å². The van der Waals surface area contributed by atoms with E-state index in [1.807, 2.05) is 51.1 Å². The van der Waals surface area contributed by atoms with Crippen molar-refractivity contribution in [2.75, 3.05) is 4.90 Å². The van der Waals surface area contributed by atoms with Crippen molar-refractivity contribution in [3.63, 3.8) is 0 Å². The normalized spacial score (nSPS) is 11.9. The Balaban J connectivity index is 1.99. The molecule has 0 bridgehead atoms. The molecule has 3 rings (SSSR count). The summed E-state index contributed by atoms with van der Waals surface area (Å²) >= 11 is 6.25. The molecule has 0 radical (unpaired) electrons. The zero-order valence-corrected chi connectivity index (χ0v) is 21.2. The zero-order valence-electron chi connectivity index (χ0n) is 20.4. The second-order valence-corrected chi connectivity index (χ2v) is 9.37. The standard InChI is InChI=1S/C28H31ClN2O3/c1-16(2)31(24-10-11-25(29)17(3)14-24)23-9-7-8-21(15-23)22-12-18(4)26(19(5)13-22)27(32)30-20(6)28(33)34/h7-16,20H,1-6H3,(H,30,32)(H,33,34). The minimum atomic E-state index is -1.07. The van der Waals surface area contributed by atoms with E-state index in [-0.39, 0.29) is 11.9 Å². The van der Waals surface area contributed by atoms with Gasteiger partial charge < -0.3 is 15.3 Å². The summed E-state index contributed by atoms with van der Waals surface area (Å²) in [5.74, 6) is -1.45. The molecule has 0 spiro atoms. The second-order valence-electron chi connectivity index (χ2n) is 8.97. The number of nitrogens with one attached hydrogen (secondary N) is 1. The Hall–Kier alpha value is -3.31. The highest BCUT2D eigenvalue weighted by Crippen LogP contribution is 2.34. The van der Waals surface area contributed by atoms with Gasteiger partial charge in [-0.2, -0.15) is 0 Å². The molecule has 0 saturated carbocycles. The Morgan fingerprint density at radius 1 is 0.853 bits per heavy atom. The molecule has 178 valence electrons. The molecule has 3 aromatic carbocycles. The van der Waals surface area contributed by atoms with Crippen LogP contribution in [0.25, 0.3) is 11.1 Å². The topological polar surface area (TPSA) is 69.6 Å². The molecule has 1 unspecified atom stereocenters. The lowest BCUT2D eigenvalue weighted by atomic mass is 9.94. The average Bonchev–Trinajstić information content (AvgIpc) is 2.75. The minimum Gasteiger partial charge on any atom is -0.480 e. The maximum atomic E-state index is 12.7. The number of carboxylic acids is 1. The highest BCUT2D eigenvalue weighted by Gasteiger charge is 2.20. The van der Waals surface area contributed by atoms with Crippen LogP contribution < -0.4 is 10.2 Å². The number of aryl methyl sites for hydroxylation is 3. The number of amides is 1. The molecule has 0 aliphatic carbocycles. The monoisotopic (exact) mass is 478 g/mol. The van der Waals surface area contributed by atoms with E-state index in [2.05, 4.69) is 48.3 Å². The van der Waals surface area contributed by atoms with Gasteiger partial charge in [0, 0.05) is 28.0 Å². The van der Waals surface area contributed by atoms with Crippen molar-refractivity contribution in [3.8, 4) is 11.1 Å². The molecule has 6 heteroatoms. The Morgan fingerprint density at radius 2 is 1.47 bits per heavy atom. The summed E-state index contributed by atoms with van der Waals surface area (Å²) in [6.07, 6.45) is 0. The lowest BCUT2D eigenvalue weighted by molar-refractivity contribution is -0.138. The van der Waals surface area contributed by atoms with E-state index < -0.39 is 12.0 Å². The number of halogens is 1. The van der Waals surface area contributed by atoms with Crippen LogP contribution in [-0.2, 0) is 4.79 Å². The number of carbonyl (C=O) groups excluding carboxylic acids is 1. The number of hydrogen-bond donors (Lipinski definition) is 2. The summed E-state index contributed by atoms with van der Waals surface area (Å²) < 4.78 is 0. The first-order valence-corrected chi connectivity index (χ1v) is 11.7. The lowest BCUT2D eigenvalue weighted by Gasteiger charge is -2.30. The van der Waals surface area contributed by atoms with Gasteiger partial charge in [0.05, 0.1) is 0 Å². The predicted octanol–water partition coefficient (Wildman–Crippen LogP) is 6.68. The van der Waals surface area contributed by atoms with Crippen molar-refractivity contribution in [1.82, 2.24) is 5.32 Å². The van der Waals surface area contributed by atoms with Crippen molar-refractivity contribution >= 4 is 34.9 Å². The van der Waals surface area contributed by atoms with Gasteiger partial charge in [0.15, 0.2) is 0 Å². The van der Waals surface area contributed by atoms with Crippen molar-refractivity contribution in [2.45, 2.75) is 53.6 Å². The molecule has 0 fully saturated rings. The van der Waals surface area contributed by atoms with Crippen LogP contribution in [0.5, 0.6) is 0 Å². The van der Waals surface area contributed by atoms with Crippen LogP contribution in [0.15, 0.2) is 54.6 Å². The molecule has 3 aromatic rings. The van der Waals surface area contributed by atoms with Gasteiger partial charge in [0.1, 0.15) is 6.04 Å². The maximum absolute atomic E-state index is 12.7. The molecule has 2 N–H and O–H groups in total. The van der Waals surface area contributed by atoms with Gasteiger partial charge in [-0.05, 0) is 99.7 Å². The molecular weight excluding hydrogens is 448 g/mol. The Labute approximate surface area is 206 Å². The Kier molecular flexibility index (Phi) is 7.68. The Morgan fingerprint density at radius 3 is 2.03 bits per heavy atom. The van der Waals surface area contributed by atoms with E-state index in [1.54, 1.807) is 0 Å². The smallest absolute Gasteiger partial charge is 0.325 e. The molecule has 0 aliphatic heterocycles. The first-order valence-electron chi connectivity index (χ1n) is 11.3. The van der Waals surface area contributed by atoms with E-state index in [9.17, 15) is 9.59 Å². The van der Waals surface area contributed by atoms with Gasteiger partial charge >= 0.3 is 5.97 Å². The van der Waals surface area contributed by atoms with Crippen molar-refractivity contribution in [2.24, 2.45) is 0 Å². The summed E-state index contributed by atoms with van der Waals surface area (Å²) in [5, 5.41) is 12.4. The third-order valence-electron chi connectivity index (χ3n) is 5.87. The second kappa shape index (κ2) is 10.3. The molecule has 0 heterocycles. The third-order valence-corrected chi connectivity index (χ3v) is 6.30. The third kappa shape index (κ3) is 5.42. The molecule has 0 saturated heterocycles. The average molecular weight is 479 g/mol. The van der Waals surface area contributed by atoms with Gasteiger partial charge in [0.2, 0.25) is 0 Å². The summed E-state index contributed by atoms with van der Waals surface area (Å²) in [6, 6.07) is 17.6. The maximum Gasteiger partial charge on any atom is 0.325 e. The van der Waals surface area contributed by atoms with Crippen molar-refractivity contribution < 1.29 is 14.7 Å². The minimum absolute atomic E-state index is 0.224. The van der Waals surface area contributed by atoms with Crippen molar-refractivity contribution in [3.05, 3.63) is 81.9 Å². The number of carboxylic acid groups (broad SMARTS) is 1. The van der Waals surface area contributed by atoms with E-state index >= 15 is 0 Å². The van der Waals surface area contributed by atoms with Crippen LogP contribution in [0.3, 0.4) is 0 Å². The summed E-state index contributed by atoms with van der Waals surface area (Å²) in [7, 11) is 0. The molecular formula is C28H31ClN2O3. The van der Waals surface area contributed by atoms with Crippen LogP contribution in [0.1, 0.15) is 47.8 Å². The number of aliphatic carboxylic acids is 1. The largest absolute Gasteiger partial charge is 0.480 e. The number of anilines is 2. The first-order chi connectivity index (χ1) is 16.0. The summed E-state index contributed by atoms with van der Waals surface area (Å²) in [6.45, 7) is 11.5. The van der Waals surface area contributed by atoms with Crippen LogP contribution in [-0.4, -0.2) is 29.1 Å². The first kappa shape index (κ1) is 25.3. The summed E-state index contributed by atoms with van der Waals surface area (Å²) in [5.41, 5.74) is 7.28. The highest BCUT2D eigenvalue weighted by molar-refractivity contribution is 6.31. The number of carbonyl (C=O) groups is 2. The fraction of sp³-hybridized carbons (Fsp3) is 0.286. The molecule has 0 aliphatic rings. The summed E-state index contributed by atoms with van der Waals surface area (Å²) in [4.78, 5) is 26.1. The fourth-order valence-corrected chi connectivity index (χ4v) is 4.30. The molecule has 34 heavy (non-hydrogen) atoms. The number of nitrogens with zero attached hydrogens (tertiary/aromatic N) is 1. The SMILES string of the molecule is Cc1cc(N(c2cccc(-c3cc(C)c(C(=O)NC(C)C(=O)O)c(C)c3)c2)C(C)C)ccc1Cl. The van der Waals surface area contributed by atoms with E-state index in [0.29, 0.717) is 5.56 Å². The molecule has 0 aromatic heterocycles. The molecule has 5 nitrogen and oxygen atoms in total. The van der Waals surface area contributed by atoms with Gasteiger partial charge in [-0.15, -0.1) is 0 Å². The van der Waals surface area contributed by atoms with Crippen LogP contribution in [0.2, 0.25) is 5.02 Å². The quantitative estimate of drug-likeness (QED) is 0.397. The number of hydrogen-bond acceptors (Lipinski definition) is 3. The highest BCUT2D eigenvalue weighted by atomic mass is 35.5. The van der Waals surface area contributed by atoms with Crippen LogP contribution in [0, 0.1) is 20.8 Å². The van der Waals surface area contributed by atoms with E-state index in [0.717, 1.165) is 44.2 Å². The fourth-order valence-electron chi connectivity index (χ4n) is 4.18. The predicted molar refractivity (Wildman–Crippen MR) is 139 cm³/mol. The van der Waals surface area contributed by atoms with Crippen LogP contribution >= 0.6 is 11.6 Å². The van der Waals surface area contributed by atoms with Gasteiger partial charge in [-0.25, -0.2) is 0 Å². The number of benzene rings is 3. The molecule has 1 amide bonds. The lowest BCUT2D eigenvalue weighted by Crippen LogP contribution is -2.38. The Bertz CT molecular complexity index is 1210. The van der Waals surface area contributed by atoms with Crippen LogP contribution in [0.4, 0.5) is 11.4 Å². The van der Waals surface area contributed by atoms with Gasteiger partial charge in [0.25, 0.3) is 5.91 Å². The van der Waals surface area contributed by atoms with Gasteiger partial charge in [-0.3, -0.25) is 9.59 Å². The zero-order chi connectivity index (χ0) is 25.2. The van der Waals surface area contributed by atoms with Gasteiger partial charge in [-0.1, -0.05) is 35.9 Å². The van der Waals surface area contributed by atoms with Crippen molar-refractivity contribution in [1.29, 1.82) is 0 Å². The number of rotatable bonds is 7. The van der Waals surface area contributed by atoms with E-state index in [1.165, 1.54) is 6.92 Å².